The molecule has 0 atom stereocenters. The fourth-order valence-corrected chi connectivity index (χ4v) is 2.83. The highest BCUT2D eigenvalue weighted by atomic mass is 16.6. The molecule has 0 bridgehead atoms. The Morgan fingerprint density at radius 2 is 2.32 bits per heavy atom. The number of anilines is 3. The van der Waals surface area contributed by atoms with Gasteiger partial charge in [-0.25, -0.2) is 4.68 Å². The van der Waals surface area contributed by atoms with Gasteiger partial charge in [0.15, 0.2) is 0 Å². The quantitative estimate of drug-likeness (QED) is 0.669. The lowest BCUT2D eigenvalue weighted by Crippen LogP contribution is -2.12. The van der Waals surface area contributed by atoms with E-state index in [1.807, 2.05) is 25.1 Å². The van der Waals surface area contributed by atoms with E-state index in [1.165, 1.54) is 5.56 Å². The Morgan fingerprint density at radius 1 is 1.50 bits per heavy atom. The summed E-state index contributed by atoms with van der Waals surface area (Å²) in [7, 11) is 0. The zero-order valence-corrected chi connectivity index (χ0v) is 12.7. The number of hydrogen-bond acceptors (Lipinski definition) is 5. The molecule has 0 fully saturated rings. The average Bonchev–Trinajstić information content (AvgIpc) is 2.83. The second-order valence-corrected chi connectivity index (χ2v) is 5.38. The van der Waals surface area contributed by atoms with Crippen LogP contribution in [-0.4, -0.2) is 21.2 Å². The number of hydrogen-bond donors (Lipinski definition) is 2. The van der Waals surface area contributed by atoms with E-state index in [9.17, 15) is 10.1 Å². The number of nitro groups is 1. The molecule has 0 unspecified atom stereocenters. The van der Waals surface area contributed by atoms with Crippen molar-refractivity contribution in [2.75, 3.05) is 17.2 Å². The third-order valence-corrected chi connectivity index (χ3v) is 3.88. The molecule has 7 nitrogen and oxygen atoms in total. The van der Waals surface area contributed by atoms with Crippen molar-refractivity contribution in [1.82, 2.24) is 9.78 Å². The summed E-state index contributed by atoms with van der Waals surface area (Å²) in [5.74, 6) is 0.439. The topological polar surface area (TPSA) is 85.0 Å². The Morgan fingerprint density at radius 3 is 3.05 bits per heavy atom. The van der Waals surface area contributed by atoms with Crippen molar-refractivity contribution in [1.29, 1.82) is 0 Å². The molecule has 7 heteroatoms. The Bertz CT molecular complexity index is 723. The molecule has 0 amide bonds. The van der Waals surface area contributed by atoms with Gasteiger partial charge in [0.25, 0.3) is 0 Å². The molecule has 0 spiro atoms. The van der Waals surface area contributed by atoms with Crippen molar-refractivity contribution in [3.8, 4) is 0 Å². The van der Waals surface area contributed by atoms with Gasteiger partial charge >= 0.3 is 5.69 Å². The zero-order chi connectivity index (χ0) is 15.7. The van der Waals surface area contributed by atoms with Gasteiger partial charge in [0.1, 0.15) is 5.69 Å². The smallest absolute Gasteiger partial charge is 0.334 e. The summed E-state index contributed by atoms with van der Waals surface area (Å²) in [5.41, 5.74) is 3.69. The second kappa shape index (κ2) is 5.67. The SMILES string of the molecule is CCn1nc(C)c([N+](=O)[O-])c1Nc1ccc2c(c1)CCCN2. The molecule has 0 radical (unpaired) electrons. The largest absolute Gasteiger partial charge is 0.385 e. The van der Waals surface area contributed by atoms with Gasteiger partial charge in [-0.2, -0.15) is 5.10 Å². The molecule has 3 rings (SSSR count). The van der Waals surface area contributed by atoms with E-state index < -0.39 is 0 Å². The second-order valence-electron chi connectivity index (χ2n) is 5.38. The Balaban J connectivity index is 1.97. The zero-order valence-electron chi connectivity index (χ0n) is 12.7. The maximum absolute atomic E-state index is 11.3. The summed E-state index contributed by atoms with van der Waals surface area (Å²) in [5, 5.41) is 22.1. The number of fused-ring (bicyclic) bond motifs is 1. The lowest BCUT2D eigenvalue weighted by atomic mass is 10.0. The molecular weight excluding hydrogens is 282 g/mol. The first-order chi connectivity index (χ1) is 10.6. The highest BCUT2D eigenvalue weighted by molar-refractivity contribution is 5.70. The van der Waals surface area contributed by atoms with E-state index in [0.717, 1.165) is 30.8 Å². The monoisotopic (exact) mass is 301 g/mol. The number of aromatic nitrogens is 2. The predicted molar refractivity (Wildman–Crippen MR) is 85.8 cm³/mol. The van der Waals surface area contributed by atoms with Gasteiger partial charge in [-0.05, 0) is 50.5 Å². The van der Waals surface area contributed by atoms with Crippen LogP contribution < -0.4 is 10.6 Å². The van der Waals surface area contributed by atoms with E-state index in [-0.39, 0.29) is 10.6 Å². The van der Waals surface area contributed by atoms with Crippen LogP contribution in [0.25, 0.3) is 0 Å². The summed E-state index contributed by atoms with van der Waals surface area (Å²) in [6, 6.07) is 6.00. The van der Waals surface area contributed by atoms with Crippen molar-refractivity contribution in [2.24, 2.45) is 0 Å². The fraction of sp³-hybridized carbons (Fsp3) is 0.400. The summed E-state index contributed by atoms with van der Waals surface area (Å²) in [4.78, 5) is 10.9. The molecule has 0 aliphatic carbocycles. The van der Waals surface area contributed by atoms with Crippen molar-refractivity contribution >= 4 is 22.9 Å². The van der Waals surface area contributed by atoms with E-state index in [1.54, 1.807) is 11.6 Å². The fourth-order valence-electron chi connectivity index (χ4n) is 2.83. The van der Waals surface area contributed by atoms with Gasteiger partial charge in [0.2, 0.25) is 5.82 Å². The first-order valence-electron chi connectivity index (χ1n) is 7.45. The predicted octanol–water partition coefficient (Wildman–Crippen LogP) is 3.22. The van der Waals surface area contributed by atoms with Gasteiger partial charge in [-0.15, -0.1) is 0 Å². The van der Waals surface area contributed by atoms with Gasteiger partial charge in [-0.1, -0.05) is 0 Å². The summed E-state index contributed by atoms with van der Waals surface area (Å²) < 4.78 is 1.63. The lowest BCUT2D eigenvalue weighted by molar-refractivity contribution is -0.384. The average molecular weight is 301 g/mol. The van der Waals surface area contributed by atoms with E-state index >= 15 is 0 Å². The molecule has 2 aromatic rings. The molecule has 1 aliphatic heterocycles. The van der Waals surface area contributed by atoms with Crippen LogP contribution in [0.15, 0.2) is 18.2 Å². The molecule has 1 aromatic carbocycles. The maximum Gasteiger partial charge on any atom is 0.334 e. The first kappa shape index (κ1) is 14.4. The Labute approximate surface area is 128 Å². The number of nitrogens with one attached hydrogen (secondary N) is 2. The third kappa shape index (κ3) is 2.49. The van der Waals surface area contributed by atoms with E-state index in [2.05, 4.69) is 15.7 Å². The van der Waals surface area contributed by atoms with Crippen molar-refractivity contribution in [3.63, 3.8) is 0 Å². The number of nitrogens with zero attached hydrogens (tertiary/aromatic N) is 3. The first-order valence-corrected chi connectivity index (χ1v) is 7.45. The highest BCUT2D eigenvalue weighted by Gasteiger charge is 2.25. The van der Waals surface area contributed by atoms with Gasteiger partial charge in [0, 0.05) is 24.5 Å². The number of aryl methyl sites for hydroxylation is 3. The summed E-state index contributed by atoms with van der Waals surface area (Å²) >= 11 is 0. The van der Waals surface area contributed by atoms with Crippen LogP contribution >= 0.6 is 0 Å². The molecule has 0 saturated carbocycles. The third-order valence-electron chi connectivity index (χ3n) is 3.88. The molecular formula is C15H19N5O2. The highest BCUT2D eigenvalue weighted by Crippen LogP contribution is 2.32. The summed E-state index contributed by atoms with van der Waals surface area (Å²) in [6.07, 6.45) is 2.12. The van der Waals surface area contributed by atoms with Crippen LogP contribution in [0.5, 0.6) is 0 Å². The van der Waals surface area contributed by atoms with Crippen LogP contribution in [0.4, 0.5) is 22.9 Å². The minimum Gasteiger partial charge on any atom is -0.385 e. The van der Waals surface area contributed by atoms with Crippen LogP contribution in [0.1, 0.15) is 24.6 Å². The molecule has 2 heterocycles. The lowest BCUT2D eigenvalue weighted by Gasteiger charge is -2.19. The Kier molecular flexibility index (Phi) is 3.70. The molecule has 116 valence electrons. The standard InChI is InChI=1S/C15H19N5O2/c1-3-19-15(14(20(21)22)10(2)18-19)17-12-6-7-13-11(9-12)5-4-8-16-13/h6-7,9,16-17H,3-5,8H2,1-2H3. The molecule has 1 aliphatic rings. The van der Waals surface area contributed by atoms with Gasteiger partial charge in [0.05, 0.1) is 4.92 Å². The Hall–Kier alpha value is -2.57. The van der Waals surface area contributed by atoms with Crippen molar-refractivity contribution in [3.05, 3.63) is 39.6 Å². The number of benzene rings is 1. The maximum atomic E-state index is 11.3. The number of rotatable bonds is 4. The van der Waals surface area contributed by atoms with Crippen LogP contribution in [0, 0.1) is 17.0 Å². The molecule has 0 saturated heterocycles. The molecule has 1 aromatic heterocycles. The van der Waals surface area contributed by atoms with Crippen LogP contribution in [0.2, 0.25) is 0 Å². The van der Waals surface area contributed by atoms with E-state index in [0.29, 0.717) is 18.1 Å². The van der Waals surface area contributed by atoms with Gasteiger partial charge < -0.3 is 10.6 Å². The molecule has 2 N–H and O–H groups in total. The van der Waals surface area contributed by atoms with Crippen LogP contribution in [-0.2, 0) is 13.0 Å². The van der Waals surface area contributed by atoms with E-state index in [4.69, 9.17) is 0 Å². The minimum atomic E-state index is -0.378. The van der Waals surface area contributed by atoms with Gasteiger partial charge in [-0.3, -0.25) is 10.1 Å². The summed E-state index contributed by atoms with van der Waals surface area (Å²) in [6.45, 7) is 5.14. The van der Waals surface area contributed by atoms with Crippen molar-refractivity contribution < 1.29 is 4.92 Å². The van der Waals surface area contributed by atoms with Crippen LogP contribution in [0.3, 0.4) is 0 Å². The molecule has 22 heavy (non-hydrogen) atoms. The van der Waals surface area contributed by atoms with Crippen molar-refractivity contribution in [2.45, 2.75) is 33.2 Å². The normalized spacial score (nSPS) is 13.4. The minimum absolute atomic E-state index is 0.0395.